The summed E-state index contributed by atoms with van der Waals surface area (Å²) in [5, 5.41) is 4.83. The summed E-state index contributed by atoms with van der Waals surface area (Å²) in [6, 6.07) is 7.20. The van der Waals surface area contributed by atoms with Crippen LogP contribution in [-0.4, -0.2) is 23.5 Å². The van der Waals surface area contributed by atoms with Crippen molar-refractivity contribution >= 4 is 35.2 Å². The fraction of sp³-hybridized carbons (Fsp3) is 0.150. The summed E-state index contributed by atoms with van der Waals surface area (Å²) in [7, 11) is 0. The number of para-hydroxylation sites is 1. The van der Waals surface area contributed by atoms with Gasteiger partial charge in [-0.05, 0) is 36.4 Å². The monoisotopic (exact) mass is 368 g/mol. The predicted octanol–water partition coefficient (Wildman–Crippen LogP) is 3.06. The van der Waals surface area contributed by atoms with E-state index in [9.17, 15) is 9.59 Å². The second kappa shape index (κ2) is 9.48. The van der Waals surface area contributed by atoms with Crippen LogP contribution in [0.25, 0.3) is 6.08 Å². The van der Waals surface area contributed by atoms with Gasteiger partial charge in [0.25, 0.3) is 11.8 Å². The first-order chi connectivity index (χ1) is 12.5. The minimum absolute atomic E-state index is 0.00466. The molecule has 2 rings (SSSR count). The topological polar surface area (TPSA) is 67.4 Å². The molecule has 0 radical (unpaired) electrons. The van der Waals surface area contributed by atoms with Crippen molar-refractivity contribution in [2.24, 2.45) is 0 Å². The smallest absolute Gasteiger partial charge is 0.263 e. The van der Waals surface area contributed by atoms with E-state index in [2.05, 4.69) is 23.3 Å². The van der Waals surface area contributed by atoms with Gasteiger partial charge in [-0.15, -0.1) is 0 Å². The molecule has 2 N–H and O–H groups in total. The summed E-state index contributed by atoms with van der Waals surface area (Å²) >= 11 is 4.80. The first-order valence-electron chi connectivity index (χ1n) is 8.13. The van der Waals surface area contributed by atoms with Gasteiger partial charge in [0.1, 0.15) is 17.9 Å². The van der Waals surface area contributed by atoms with Gasteiger partial charge in [-0.25, -0.2) is 0 Å². The molecule has 1 fully saturated rings. The molecule has 1 aromatic rings. The lowest BCUT2D eigenvalue weighted by Gasteiger charge is -2.17. The summed E-state index contributed by atoms with van der Waals surface area (Å²) in [5.41, 5.74) is 1.61. The first kappa shape index (κ1) is 19.3. The predicted molar refractivity (Wildman–Crippen MR) is 107 cm³/mol. The van der Waals surface area contributed by atoms with Gasteiger partial charge in [-0.2, -0.15) is 0 Å². The van der Waals surface area contributed by atoms with E-state index in [1.165, 1.54) is 6.08 Å². The van der Waals surface area contributed by atoms with Crippen LogP contribution in [0.1, 0.15) is 18.9 Å². The van der Waals surface area contributed by atoms with Crippen LogP contribution < -0.4 is 15.4 Å². The Hall–Kier alpha value is -2.99. The lowest BCUT2D eigenvalue weighted by Crippen LogP contribution is -2.51. The van der Waals surface area contributed by atoms with Crippen molar-refractivity contribution in [3.05, 3.63) is 71.9 Å². The van der Waals surface area contributed by atoms with Crippen molar-refractivity contribution in [1.82, 2.24) is 10.6 Å². The number of ether oxygens (including phenoxy) is 1. The van der Waals surface area contributed by atoms with Gasteiger partial charge in [-0.1, -0.05) is 56.0 Å². The molecule has 1 heterocycles. The van der Waals surface area contributed by atoms with Gasteiger partial charge in [0.05, 0.1) is 0 Å². The van der Waals surface area contributed by atoms with E-state index in [1.807, 2.05) is 31.2 Å². The Morgan fingerprint density at radius 3 is 2.58 bits per heavy atom. The average molecular weight is 368 g/mol. The second-order valence-corrected chi connectivity index (χ2v) is 5.81. The number of carbonyl (C=O) groups excluding carboxylic acids is 2. The number of hydrogen-bond acceptors (Lipinski definition) is 4. The van der Waals surface area contributed by atoms with Gasteiger partial charge in [-0.3, -0.25) is 20.2 Å². The van der Waals surface area contributed by atoms with Gasteiger partial charge < -0.3 is 4.74 Å². The molecule has 0 bridgehead atoms. The summed E-state index contributed by atoms with van der Waals surface area (Å²) in [5.74, 6) is -0.495. The summed E-state index contributed by atoms with van der Waals surface area (Å²) < 4.78 is 5.89. The Bertz CT molecular complexity index is 800. The zero-order valence-corrected chi connectivity index (χ0v) is 15.3. The Labute approximate surface area is 158 Å². The molecule has 5 nitrogen and oxygen atoms in total. The number of allylic oxidation sites excluding steroid dienone is 3. The molecule has 0 aliphatic carbocycles. The number of amides is 2. The van der Waals surface area contributed by atoms with E-state index in [1.54, 1.807) is 18.2 Å². The van der Waals surface area contributed by atoms with Crippen LogP contribution in [0.4, 0.5) is 0 Å². The quantitative estimate of drug-likeness (QED) is 0.336. The SMILES string of the molecule is C=C/C=C\C(=C/CC)COc1ccccc1C=C1C(=O)NC(=S)NC1=O. The highest BCUT2D eigenvalue weighted by molar-refractivity contribution is 7.80. The molecule has 2 amide bonds. The maximum absolute atomic E-state index is 12.0. The average Bonchev–Trinajstić information content (AvgIpc) is 2.61. The van der Waals surface area contributed by atoms with Crippen LogP contribution in [0, 0.1) is 0 Å². The third kappa shape index (κ3) is 5.26. The maximum atomic E-state index is 12.0. The summed E-state index contributed by atoms with van der Waals surface area (Å²) in [6.45, 7) is 6.07. The third-order valence-corrected chi connectivity index (χ3v) is 3.67. The molecule has 0 spiro atoms. The molecular weight excluding hydrogens is 348 g/mol. The van der Waals surface area contributed by atoms with Gasteiger partial charge >= 0.3 is 0 Å². The Morgan fingerprint density at radius 2 is 1.92 bits per heavy atom. The fourth-order valence-electron chi connectivity index (χ4n) is 2.28. The third-order valence-electron chi connectivity index (χ3n) is 3.47. The zero-order chi connectivity index (χ0) is 18.9. The van der Waals surface area contributed by atoms with Crippen LogP contribution in [0.15, 0.2) is 66.3 Å². The van der Waals surface area contributed by atoms with E-state index in [0.29, 0.717) is 17.9 Å². The van der Waals surface area contributed by atoms with Crippen LogP contribution in [0.3, 0.4) is 0 Å². The lowest BCUT2D eigenvalue weighted by atomic mass is 10.1. The highest BCUT2D eigenvalue weighted by Gasteiger charge is 2.26. The number of thiocarbonyl (C=S) groups is 1. The summed E-state index contributed by atoms with van der Waals surface area (Å²) in [6.07, 6.45) is 9.91. The highest BCUT2D eigenvalue weighted by atomic mass is 32.1. The number of hydrogen-bond donors (Lipinski definition) is 2. The number of nitrogens with one attached hydrogen (secondary N) is 2. The van der Waals surface area contributed by atoms with Crippen LogP contribution >= 0.6 is 12.2 Å². The first-order valence-corrected chi connectivity index (χ1v) is 8.54. The molecule has 1 saturated heterocycles. The summed E-state index contributed by atoms with van der Waals surface area (Å²) in [4.78, 5) is 24.0. The van der Waals surface area contributed by atoms with E-state index < -0.39 is 11.8 Å². The number of benzene rings is 1. The second-order valence-electron chi connectivity index (χ2n) is 5.40. The maximum Gasteiger partial charge on any atom is 0.263 e. The Kier molecular flexibility index (Phi) is 7.05. The molecule has 0 atom stereocenters. The van der Waals surface area contributed by atoms with Crippen LogP contribution in [-0.2, 0) is 9.59 Å². The largest absolute Gasteiger partial charge is 0.488 e. The number of rotatable bonds is 7. The Balaban J connectivity index is 2.24. The Morgan fingerprint density at radius 1 is 1.23 bits per heavy atom. The standard InChI is InChI=1S/C20H20N2O3S/c1-3-5-9-14(8-4-2)13-25-17-11-7-6-10-15(17)12-16-18(23)21-20(26)22-19(16)24/h3,5-12H,1,4,13H2,2H3,(H2,21,22,23,24,26)/b9-5-,14-8+. The molecule has 0 aromatic heterocycles. The van der Waals surface area contributed by atoms with Crippen molar-refractivity contribution in [3.63, 3.8) is 0 Å². The normalized spacial score (nSPS) is 14.9. The molecule has 1 aliphatic rings. The van der Waals surface area contributed by atoms with Crippen molar-refractivity contribution in [3.8, 4) is 5.75 Å². The van der Waals surface area contributed by atoms with E-state index in [-0.39, 0.29) is 10.7 Å². The van der Waals surface area contributed by atoms with E-state index >= 15 is 0 Å². The molecule has 0 unspecified atom stereocenters. The van der Waals surface area contributed by atoms with E-state index in [4.69, 9.17) is 17.0 Å². The van der Waals surface area contributed by atoms with Gasteiger partial charge in [0.2, 0.25) is 0 Å². The van der Waals surface area contributed by atoms with Gasteiger partial charge in [0.15, 0.2) is 5.11 Å². The minimum Gasteiger partial charge on any atom is -0.488 e. The molecule has 1 aliphatic heterocycles. The molecular formula is C20H20N2O3S. The van der Waals surface area contributed by atoms with Crippen molar-refractivity contribution in [1.29, 1.82) is 0 Å². The molecule has 0 saturated carbocycles. The van der Waals surface area contributed by atoms with E-state index in [0.717, 1.165) is 12.0 Å². The minimum atomic E-state index is -0.533. The molecule has 1 aromatic carbocycles. The number of carbonyl (C=O) groups is 2. The molecule has 134 valence electrons. The van der Waals surface area contributed by atoms with Gasteiger partial charge in [0, 0.05) is 5.56 Å². The molecule has 26 heavy (non-hydrogen) atoms. The van der Waals surface area contributed by atoms with Crippen LogP contribution in [0.2, 0.25) is 0 Å². The molecule has 6 heteroatoms. The highest BCUT2D eigenvalue weighted by Crippen LogP contribution is 2.22. The van der Waals surface area contributed by atoms with Crippen molar-refractivity contribution in [2.75, 3.05) is 6.61 Å². The van der Waals surface area contributed by atoms with Crippen molar-refractivity contribution in [2.45, 2.75) is 13.3 Å². The van der Waals surface area contributed by atoms with Crippen LogP contribution in [0.5, 0.6) is 5.75 Å². The zero-order valence-electron chi connectivity index (χ0n) is 14.5. The fourth-order valence-corrected chi connectivity index (χ4v) is 2.47. The van der Waals surface area contributed by atoms with Crippen molar-refractivity contribution < 1.29 is 14.3 Å². The lowest BCUT2D eigenvalue weighted by molar-refractivity contribution is -0.123.